The molecule has 2 rings (SSSR count). The summed E-state index contributed by atoms with van der Waals surface area (Å²) >= 11 is 0. The lowest BCUT2D eigenvalue weighted by atomic mass is 9.88. The molecule has 90 valence electrons. The molecule has 0 atom stereocenters. The second kappa shape index (κ2) is 4.57. The van der Waals surface area contributed by atoms with E-state index >= 15 is 0 Å². The van der Waals surface area contributed by atoms with Crippen molar-refractivity contribution in [3.63, 3.8) is 0 Å². The van der Waals surface area contributed by atoms with Gasteiger partial charge in [0.05, 0.1) is 12.7 Å². The maximum atomic E-state index is 11.5. The Balaban J connectivity index is 2.54. The molecule has 1 aliphatic carbocycles. The molecule has 0 saturated heterocycles. The maximum Gasteiger partial charge on any atom is 0.377 e. The van der Waals surface area contributed by atoms with Crippen molar-refractivity contribution in [2.75, 3.05) is 7.11 Å². The first-order valence-corrected chi connectivity index (χ1v) is 5.61. The number of hydrogen-bond donors (Lipinski definition) is 1. The molecule has 1 N–H and O–H groups in total. The first-order chi connectivity index (χ1) is 8.15. The minimum absolute atomic E-state index is 0.153. The molecule has 1 aromatic rings. The first-order valence-electron chi connectivity index (χ1n) is 5.61. The van der Waals surface area contributed by atoms with Gasteiger partial charge >= 0.3 is 5.97 Å². The zero-order valence-electron chi connectivity index (χ0n) is 9.66. The average molecular weight is 234 g/mol. The number of carbonyl (C=O) groups is 2. The molecular weight excluding hydrogens is 220 g/mol. The van der Waals surface area contributed by atoms with Crippen LogP contribution in [0.1, 0.15) is 34.3 Å². The molecule has 4 nitrogen and oxygen atoms in total. The van der Waals surface area contributed by atoms with Crippen LogP contribution < -0.4 is 4.74 Å². The molecule has 0 spiro atoms. The van der Waals surface area contributed by atoms with E-state index in [0.29, 0.717) is 5.75 Å². The van der Waals surface area contributed by atoms with Crippen molar-refractivity contribution in [3.05, 3.63) is 28.8 Å². The summed E-state index contributed by atoms with van der Waals surface area (Å²) in [5, 5.41) is 8.75. The summed E-state index contributed by atoms with van der Waals surface area (Å²) in [4.78, 5) is 22.3. The monoisotopic (exact) mass is 234 g/mol. The smallest absolute Gasteiger partial charge is 0.377 e. The van der Waals surface area contributed by atoms with Gasteiger partial charge in [-0.2, -0.15) is 0 Å². The zero-order chi connectivity index (χ0) is 12.4. The summed E-state index contributed by atoms with van der Waals surface area (Å²) in [5.74, 6) is -1.91. The number of carboxylic acid groups (broad SMARTS) is 1. The Morgan fingerprint density at radius 2 is 1.94 bits per heavy atom. The lowest BCUT2D eigenvalue weighted by Crippen LogP contribution is -2.16. The van der Waals surface area contributed by atoms with Gasteiger partial charge in [-0.05, 0) is 42.9 Å². The van der Waals surface area contributed by atoms with Crippen LogP contribution in [-0.4, -0.2) is 24.0 Å². The second-order valence-corrected chi connectivity index (χ2v) is 4.13. The average Bonchev–Trinajstić information content (AvgIpc) is 2.36. The SMILES string of the molecule is COc1c(C(=O)C(=O)O)ccc2c1CCCC2. The van der Waals surface area contributed by atoms with E-state index in [-0.39, 0.29) is 5.56 Å². The number of carbonyl (C=O) groups excluding carboxylic acids is 1. The van der Waals surface area contributed by atoms with Gasteiger partial charge in [-0.1, -0.05) is 6.07 Å². The molecule has 0 heterocycles. The van der Waals surface area contributed by atoms with Crippen molar-refractivity contribution in [2.45, 2.75) is 25.7 Å². The standard InChI is InChI=1S/C13H14O4/c1-17-12-9-5-3-2-4-8(9)6-7-10(12)11(14)13(15)16/h6-7H,2-5H2,1H3,(H,15,16). The van der Waals surface area contributed by atoms with Gasteiger partial charge in [-0.25, -0.2) is 4.79 Å². The van der Waals surface area contributed by atoms with E-state index in [1.165, 1.54) is 7.11 Å². The van der Waals surface area contributed by atoms with Gasteiger partial charge in [0.15, 0.2) is 0 Å². The molecule has 0 unspecified atom stereocenters. The normalized spacial score (nSPS) is 13.9. The van der Waals surface area contributed by atoms with E-state index in [4.69, 9.17) is 9.84 Å². The van der Waals surface area contributed by atoms with Crippen molar-refractivity contribution < 1.29 is 19.4 Å². The topological polar surface area (TPSA) is 63.6 Å². The summed E-state index contributed by atoms with van der Waals surface area (Å²) in [6.45, 7) is 0. The third-order valence-corrected chi connectivity index (χ3v) is 3.12. The Labute approximate surface area is 99.2 Å². The fourth-order valence-electron chi connectivity index (χ4n) is 2.32. The molecule has 0 aliphatic heterocycles. The number of aliphatic carboxylic acids is 1. The van der Waals surface area contributed by atoms with E-state index in [1.54, 1.807) is 6.07 Å². The number of methoxy groups -OCH3 is 1. The summed E-state index contributed by atoms with van der Waals surface area (Å²) in [7, 11) is 1.48. The summed E-state index contributed by atoms with van der Waals surface area (Å²) in [6, 6.07) is 3.40. The third-order valence-electron chi connectivity index (χ3n) is 3.12. The quantitative estimate of drug-likeness (QED) is 0.640. The lowest BCUT2D eigenvalue weighted by Gasteiger charge is -2.20. The Kier molecular flexibility index (Phi) is 3.13. The van der Waals surface area contributed by atoms with E-state index in [1.807, 2.05) is 6.07 Å². The van der Waals surface area contributed by atoms with Gasteiger partial charge in [0.25, 0.3) is 5.78 Å². The minimum atomic E-state index is -1.45. The van der Waals surface area contributed by atoms with Crippen LogP contribution in [-0.2, 0) is 17.6 Å². The van der Waals surface area contributed by atoms with Gasteiger partial charge in [0.1, 0.15) is 5.75 Å². The number of benzene rings is 1. The van der Waals surface area contributed by atoms with Gasteiger partial charge in [0.2, 0.25) is 0 Å². The van der Waals surface area contributed by atoms with Crippen molar-refractivity contribution >= 4 is 11.8 Å². The summed E-state index contributed by atoms with van der Waals surface area (Å²) in [5.41, 5.74) is 2.31. The molecule has 0 saturated carbocycles. The van der Waals surface area contributed by atoms with Crippen molar-refractivity contribution in [3.8, 4) is 5.75 Å². The Bertz CT molecular complexity index is 477. The van der Waals surface area contributed by atoms with E-state index in [2.05, 4.69) is 0 Å². The van der Waals surface area contributed by atoms with Crippen LogP contribution in [0.25, 0.3) is 0 Å². The maximum absolute atomic E-state index is 11.5. The van der Waals surface area contributed by atoms with Crippen LogP contribution in [0.3, 0.4) is 0 Å². The van der Waals surface area contributed by atoms with Crippen LogP contribution in [0.5, 0.6) is 5.75 Å². The van der Waals surface area contributed by atoms with Crippen LogP contribution in [0.2, 0.25) is 0 Å². The largest absolute Gasteiger partial charge is 0.496 e. The minimum Gasteiger partial charge on any atom is -0.496 e. The van der Waals surface area contributed by atoms with Crippen LogP contribution in [0.4, 0.5) is 0 Å². The van der Waals surface area contributed by atoms with Crippen LogP contribution in [0.15, 0.2) is 12.1 Å². The van der Waals surface area contributed by atoms with Crippen molar-refractivity contribution in [2.24, 2.45) is 0 Å². The summed E-state index contributed by atoms with van der Waals surface area (Å²) < 4.78 is 5.23. The predicted octanol–water partition coefficient (Wildman–Crippen LogP) is 1.84. The first kappa shape index (κ1) is 11.6. The highest BCUT2D eigenvalue weighted by atomic mass is 16.5. The third kappa shape index (κ3) is 2.02. The fourth-order valence-corrected chi connectivity index (χ4v) is 2.32. The second-order valence-electron chi connectivity index (χ2n) is 4.13. The number of rotatable bonds is 3. The number of carboxylic acids is 1. The predicted molar refractivity (Wildman–Crippen MR) is 61.6 cm³/mol. The summed E-state index contributed by atoms with van der Waals surface area (Å²) in [6.07, 6.45) is 3.99. The van der Waals surface area contributed by atoms with Gasteiger partial charge in [-0.15, -0.1) is 0 Å². The van der Waals surface area contributed by atoms with Crippen LogP contribution in [0, 0.1) is 0 Å². The highest BCUT2D eigenvalue weighted by molar-refractivity contribution is 6.40. The van der Waals surface area contributed by atoms with Gasteiger partial charge in [0, 0.05) is 0 Å². The fraction of sp³-hybridized carbons (Fsp3) is 0.385. The number of ketones is 1. The molecule has 0 radical (unpaired) electrons. The van der Waals surface area contributed by atoms with Crippen LogP contribution >= 0.6 is 0 Å². The highest BCUT2D eigenvalue weighted by Crippen LogP contribution is 2.33. The molecule has 4 heteroatoms. The lowest BCUT2D eigenvalue weighted by molar-refractivity contribution is -0.131. The number of ether oxygens (including phenoxy) is 1. The highest BCUT2D eigenvalue weighted by Gasteiger charge is 2.24. The molecule has 17 heavy (non-hydrogen) atoms. The molecule has 0 amide bonds. The number of fused-ring (bicyclic) bond motifs is 1. The number of hydrogen-bond acceptors (Lipinski definition) is 3. The number of Topliss-reactive ketones (excluding diaryl/α,β-unsaturated/α-hetero) is 1. The molecule has 1 aliphatic rings. The van der Waals surface area contributed by atoms with Gasteiger partial charge in [-0.3, -0.25) is 4.79 Å². The van der Waals surface area contributed by atoms with E-state index < -0.39 is 11.8 Å². The molecule has 1 aromatic carbocycles. The molecule has 0 aromatic heterocycles. The van der Waals surface area contributed by atoms with E-state index in [0.717, 1.165) is 36.8 Å². The van der Waals surface area contributed by atoms with Gasteiger partial charge < -0.3 is 9.84 Å². The van der Waals surface area contributed by atoms with E-state index in [9.17, 15) is 9.59 Å². The molecule has 0 bridgehead atoms. The van der Waals surface area contributed by atoms with Crippen molar-refractivity contribution in [1.82, 2.24) is 0 Å². The van der Waals surface area contributed by atoms with Crippen molar-refractivity contribution in [1.29, 1.82) is 0 Å². The molecular formula is C13H14O4. The Morgan fingerprint density at radius 1 is 1.24 bits per heavy atom. The zero-order valence-corrected chi connectivity index (χ0v) is 9.66. The molecule has 0 fully saturated rings. The Morgan fingerprint density at radius 3 is 2.59 bits per heavy atom. The number of aryl methyl sites for hydroxylation is 1. The Hall–Kier alpha value is -1.84.